The smallest absolute Gasteiger partial charge is 0.332 e. The molecule has 0 bridgehead atoms. The number of anilines is 2. The molecule has 0 saturated heterocycles. The fourth-order valence-electron chi connectivity index (χ4n) is 5.88. The lowest BCUT2D eigenvalue weighted by atomic mass is 9.45. The van der Waals surface area contributed by atoms with Crippen LogP contribution in [0.2, 0.25) is 5.02 Å². The highest BCUT2D eigenvalue weighted by molar-refractivity contribution is 6.31. The molecule has 1 aliphatic rings. The second kappa shape index (κ2) is 13.9. The van der Waals surface area contributed by atoms with Gasteiger partial charge < -0.3 is 24.8 Å². The zero-order chi connectivity index (χ0) is 29.3. The molecule has 1 aliphatic carbocycles. The number of amides is 1. The molecule has 2 aromatic carbocycles. The molecule has 0 radical (unpaired) electrons. The first-order chi connectivity index (χ1) is 19.0. The van der Waals surface area contributed by atoms with Gasteiger partial charge in [0.2, 0.25) is 5.91 Å². The van der Waals surface area contributed by atoms with E-state index < -0.39 is 10.8 Å². The van der Waals surface area contributed by atoms with Crippen LogP contribution in [0.1, 0.15) is 59.4 Å². The summed E-state index contributed by atoms with van der Waals surface area (Å²) in [6.45, 7) is 11.7. The molecule has 2 N–H and O–H groups in total. The molecule has 0 unspecified atom stereocenters. The van der Waals surface area contributed by atoms with E-state index in [0.717, 1.165) is 37.2 Å². The topological polar surface area (TPSA) is 110 Å². The number of nitrogens with one attached hydrogen (secondary N) is 2. The van der Waals surface area contributed by atoms with Crippen molar-refractivity contribution in [1.82, 2.24) is 0 Å². The molecular weight excluding hydrogens is 530 g/mol. The second-order valence-corrected chi connectivity index (χ2v) is 11.6. The Balaban J connectivity index is 1.44. The molecule has 0 heterocycles. The molecule has 1 amide bonds. The Morgan fingerprint density at radius 3 is 2.30 bits per heavy atom. The normalized spacial score (nSPS) is 18.6. The van der Waals surface area contributed by atoms with Crippen LogP contribution in [-0.2, 0) is 19.1 Å². The summed E-state index contributed by atoms with van der Waals surface area (Å²) < 4.78 is 16.4. The van der Waals surface area contributed by atoms with Crippen molar-refractivity contribution in [2.75, 3.05) is 37.0 Å². The van der Waals surface area contributed by atoms with Gasteiger partial charge in [-0.3, -0.25) is 4.79 Å². The van der Waals surface area contributed by atoms with E-state index in [1.54, 1.807) is 25.1 Å². The summed E-state index contributed by atoms with van der Waals surface area (Å²) in [6, 6.07) is 14.8. The van der Waals surface area contributed by atoms with Crippen LogP contribution >= 0.6 is 11.6 Å². The minimum atomic E-state index is -0.417. The first-order valence-electron chi connectivity index (χ1n) is 13.7. The van der Waals surface area contributed by atoms with Crippen LogP contribution in [0.5, 0.6) is 5.75 Å². The Bertz CT molecular complexity index is 1190. The van der Waals surface area contributed by atoms with Crippen molar-refractivity contribution in [3.05, 3.63) is 53.1 Å². The summed E-state index contributed by atoms with van der Waals surface area (Å²) in [4.78, 5) is 24.6. The summed E-state index contributed by atoms with van der Waals surface area (Å²) in [5.74, 6) is -0.0523. The van der Waals surface area contributed by atoms with Crippen molar-refractivity contribution in [3.8, 4) is 11.8 Å². The summed E-state index contributed by atoms with van der Waals surface area (Å²) in [7, 11) is 0. The van der Waals surface area contributed by atoms with Gasteiger partial charge >= 0.3 is 5.97 Å². The number of unbranched alkanes of at least 4 members (excludes halogenated alkanes) is 2. The SMILES string of the molecule is CCOC(=O)COCCCCCNc1ccc(NC(=O)[C@H]2C(C)(C)[C@H](Oc3ccc(C#N)c(Cl)c3)C2(C)C)cc1. The quantitative estimate of drug-likeness (QED) is 0.199. The number of hydrogen-bond donors (Lipinski definition) is 2. The van der Waals surface area contributed by atoms with Crippen LogP contribution in [-0.4, -0.2) is 44.3 Å². The molecule has 0 spiro atoms. The third-order valence-corrected chi connectivity index (χ3v) is 7.70. The van der Waals surface area contributed by atoms with Gasteiger partial charge in [0.15, 0.2) is 0 Å². The van der Waals surface area contributed by atoms with Gasteiger partial charge in [0.1, 0.15) is 24.5 Å². The summed E-state index contributed by atoms with van der Waals surface area (Å²) in [5.41, 5.74) is 1.28. The standard InChI is InChI=1S/C31H40ClN3O5/c1-6-39-26(36)20-38-17-9-7-8-16-34-22-11-13-23(14-12-22)35-28(37)27-30(2,3)29(31(27,4)5)40-24-15-10-21(19-33)25(32)18-24/h10-15,18,27,29,34H,6-9,16-17,20H2,1-5H3,(H,35,37)/t27-,29-. The monoisotopic (exact) mass is 569 g/mol. The van der Waals surface area contributed by atoms with Crippen molar-refractivity contribution in [3.63, 3.8) is 0 Å². The van der Waals surface area contributed by atoms with Crippen LogP contribution in [0.25, 0.3) is 0 Å². The van der Waals surface area contributed by atoms with Crippen LogP contribution in [0.15, 0.2) is 42.5 Å². The fourth-order valence-corrected chi connectivity index (χ4v) is 6.09. The maximum Gasteiger partial charge on any atom is 0.332 e. The van der Waals surface area contributed by atoms with Gasteiger partial charge in [-0.05, 0) is 62.6 Å². The van der Waals surface area contributed by atoms with Crippen molar-refractivity contribution in [2.24, 2.45) is 16.7 Å². The molecule has 0 atom stereocenters. The van der Waals surface area contributed by atoms with E-state index in [1.165, 1.54) is 0 Å². The average molecular weight is 570 g/mol. The van der Waals surface area contributed by atoms with Crippen LogP contribution in [0.4, 0.5) is 11.4 Å². The highest BCUT2D eigenvalue weighted by Crippen LogP contribution is 2.60. The van der Waals surface area contributed by atoms with Gasteiger partial charge in [-0.25, -0.2) is 4.79 Å². The van der Waals surface area contributed by atoms with Crippen LogP contribution in [0, 0.1) is 28.1 Å². The lowest BCUT2D eigenvalue weighted by Crippen LogP contribution is -2.69. The molecule has 0 aromatic heterocycles. The highest BCUT2D eigenvalue weighted by atomic mass is 35.5. The summed E-state index contributed by atoms with van der Waals surface area (Å²) in [6.07, 6.45) is 2.63. The number of nitrogens with zero attached hydrogens (tertiary/aromatic N) is 1. The lowest BCUT2D eigenvalue weighted by molar-refractivity contribution is -0.198. The number of carbonyl (C=O) groups is 2. The summed E-state index contributed by atoms with van der Waals surface area (Å²) >= 11 is 6.18. The molecule has 3 rings (SSSR count). The Hall–Kier alpha value is -3.28. The maximum absolute atomic E-state index is 13.4. The van der Waals surface area contributed by atoms with Crippen molar-refractivity contribution in [2.45, 2.75) is 60.0 Å². The predicted molar refractivity (Wildman–Crippen MR) is 156 cm³/mol. The van der Waals surface area contributed by atoms with E-state index in [4.69, 9.17) is 31.1 Å². The Morgan fingerprint density at radius 2 is 1.68 bits per heavy atom. The number of rotatable bonds is 14. The maximum atomic E-state index is 13.4. The highest BCUT2D eigenvalue weighted by Gasteiger charge is 2.66. The van der Waals surface area contributed by atoms with Gasteiger partial charge in [0, 0.05) is 41.4 Å². The van der Waals surface area contributed by atoms with Gasteiger partial charge in [0.25, 0.3) is 0 Å². The van der Waals surface area contributed by atoms with Gasteiger partial charge in [0.05, 0.1) is 23.1 Å². The third kappa shape index (κ3) is 7.67. The number of ether oxygens (including phenoxy) is 3. The van der Waals surface area contributed by atoms with E-state index in [1.807, 2.05) is 52.0 Å². The van der Waals surface area contributed by atoms with Gasteiger partial charge in [-0.2, -0.15) is 5.26 Å². The minimum Gasteiger partial charge on any atom is -0.489 e. The molecule has 1 saturated carbocycles. The van der Waals surface area contributed by atoms with E-state index in [2.05, 4.69) is 16.7 Å². The summed E-state index contributed by atoms with van der Waals surface area (Å²) in [5, 5.41) is 15.9. The number of nitriles is 1. The van der Waals surface area contributed by atoms with E-state index in [0.29, 0.717) is 29.5 Å². The molecule has 2 aromatic rings. The average Bonchev–Trinajstić information content (AvgIpc) is 2.89. The van der Waals surface area contributed by atoms with E-state index in [-0.39, 0.29) is 30.5 Å². The van der Waals surface area contributed by atoms with Gasteiger partial charge in [-0.15, -0.1) is 0 Å². The Labute approximate surface area is 242 Å². The number of carbonyl (C=O) groups excluding carboxylic acids is 2. The van der Waals surface area contributed by atoms with Crippen molar-refractivity contribution < 1.29 is 23.8 Å². The minimum absolute atomic E-state index is 0.00695. The van der Waals surface area contributed by atoms with Crippen LogP contribution < -0.4 is 15.4 Å². The predicted octanol–water partition coefficient (Wildman–Crippen LogP) is 6.44. The molecule has 1 fully saturated rings. The molecule has 0 aliphatic heterocycles. The van der Waals surface area contributed by atoms with E-state index in [9.17, 15) is 9.59 Å². The van der Waals surface area contributed by atoms with E-state index >= 15 is 0 Å². The van der Waals surface area contributed by atoms with Crippen molar-refractivity contribution in [1.29, 1.82) is 5.26 Å². The van der Waals surface area contributed by atoms with Crippen LogP contribution in [0.3, 0.4) is 0 Å². The number of halogens is 1. The number of benzene rings is 2. The molecule has 216 valence electrons. The Morgan fingerprint density at radius 1 is 1.00 bits per heavy atom. The first kappa shape index (κ1) is 31.3. The number of esters is 1. The molecule has 40 heavy (non-hydrogen) atoms. The Kier molecular flexibility index (Phi) is 10.8. The lowest BCUT2D eigenvalue weighted by Gasteiger charge is -2.62. The van der Waals surface area contributed by atoms with Gasteiger partial charge in [-0.1, -0.05) is 39.3 Å². The second-order valence-electron chi connectivity index (χ2n) is 11.2. The zero-order valence-electron chi connectivity index (χ0n) is 24.0. The molecule has 8 nitrogen and oxygen atoms in total. The number of hydrogen-bond acceptors (Lipinski definition) is 7. The molecule has 9 heteroatoms. The third-order valence-electron chi connectivity index (χ3n) is 7.39. The van der Waals surface area contributed by atoms with Crippen molar-refractivity contribution >= 4 is 34.9 Å². The first-order valence-corrected chi connectivity index (χ1v) is 14.1. The zero-order valence-corrected chi connectivity index (χ0v) is 24.8. The molecular formula is C31H40ClN3O5. The fraction of sp³-hybridized carbons (Fsp3) is 0.516. The largest absolute Gasteiger partial charge is 0.489 e.